The molecule has 0 bridgehead atoms. The number of nitrogens with zero attached hydrogens (tertiary/aromatic N) is 1. The highest BCUT2D eigenvalue weighted by molar-refractivity contribution is 5.82. The molecule has 124 valence electrons. The van der Waals surface area contributed by atoms with Crippen LogP contribution in [-0.4, -0.2) is 48.8 Å². The molecule has 2 aliphatic heterocycles. The molecule has 3 unspecified atom stereocenters. The molecular formula is C18H29NO3. The number of amides is 1. The summed E-state index contributed by atoms with van der Waals surface area (Å²) in [6.45, 7) is 5.47. The van der Waals surface area contributed by atoms with Crippen molar-refractivity contribution >= 4 is 5.91 Å². The molecule has 2 saturated heterocycles. The molecule has 22 heavy (non-hydrogen) atoms. The summed E-state index contributed by atoms with van der Waals surface area (Å²) >= 11 is 0. The van der Waals surface area contributed by atoms with E-state index in [1.165, 1.54) is 25.7 Å². The van der Waals surface area contributed by atoms with Gasteiger partial charge in [-0.05, 0) is 37.5 Å². The van der Waals surface area contributed by atoms with Crippen LogP contribution in [-0.2, 0) is 14.3 Å². The van der Waals surface area contributed by atoms with Gasteiger partial charge in [-0.1, -0.05) is 19.8 Å². The van der Waals surface area contributed by atoms with Gasteiger partial charge in [0.05, 0.1) is 19.2 Å². The number of carbonyl (C=O) groups excluding carboxylic acids is 1. The lowest BCUT2D eigenvalue weighted by Crippen LogP contribution is -2.67. The van der Waals surface area contributed by atoms with Gasteiger partial charge in [-0.25, -0.2) is 0 Å². The van der Waals surface area contributed by atoms with Crippen LogP contribution >= 0.6 is 0 Å². The minimum absolute atomic E-state index is 0.0909. The molecule has 2 aliphatic carbocycles. The third-order valence-electron chi connectivity index (χ3n) is 6.19. The van der Waals surface area contributed by atoms with E-state index in [1.807, 2.05) is 4.90 Å². The Kier molecular flexibility index (Phi) is 3.93. The summed E-state index contributed by atoms with van der Waals surface area (Å²) in [4.78, 5) is 14.3. The largest absolute Gasteiger partial charge is 0.378 e. The molecule has 4 aliphatic rings. The third kappa shape index (κ3) is 2.92. The van der Waals surface area contributed by atoms with E-state index in [0.29, 0.717) is 23.8 Å². The quantitative estimate of drug-likeness (QED) is 0.801. The molecule has 2 saturated carbocycles. The average Bonchev–Trinajstić information content (AvgIpc) is 3.00. The van der Waals surface area contributed by atoms with E-state index in [0.717, 1.165) is 51.5 Å². The Balaban J connectivity index is 1.24. The molecule has 0 aromatic carbocycles. The van der Waals surface area contributed by atoms with Gasteiger partial charge in [0.2, 0.25) is 5.91 Å². The number of hydrogen-bond donors (Lipinski definition) is 0. The van der Waals surface area contributed by atoms with Crippen molar-refractivity contribution in [3.63, 3.8) is 0 Å². The van der Waals surface area contributed by atoms with Crippen LogP contribution in [0.2, 0.25) is 0 Å². The van der Waals surface area contributed by atoms with Crippen molar-refractivity contribution in [2.45, 2.75) is 63.6 Å². The molecule has 4 nitrogen and oxygen atoms in total. The molecule has 0 radical (unpaired) electrons. The Bertz CT molecular complexity index is 426. The third-order valence-corrected chi connectivity index (χ3v) is 6.19. The summed E-state index contributed by atoms with van der Waals surface area (Å²) in [5.41, 5.74) is -0.0909. The van der Waals surface area contributed by atoms with Gasteiger partial charge in [0, 0.05) is 25.6 Å². The van der Waals surface area contributed by atoms with Crippen LogP contribution in [0.15, 0.2) is 0 Å². The minimum atomic E-state index is -0.0909. The maximum atomic E-state index is 12.2. The van der Waals surface area contributed by atoms with Gasteiger partial charge in [-0.2, -0.15) is 0 Å². The van der Waals surface area contributed by atoms with Crippen molar-refractivity contribution in [3.8, 4) is 0 Å². The second kappa shape index (κ2) is 5.79. The minimum Gasteiger partial charge on any atom is -0.378 e. The highest BCUT2D eigenvalue weighted by Gasteiger charge is 2.53. The summed E-state index contributed by atoms with van der Waals surface area (Å²) in [6.07, 6.45) is 8.85. The molecule has 1 spiro atoms. The van der Waals surface area contributed by atoms with Gasteiger partial charge in [0.1, 0.15) is 5.60 Å². The topological polar surface area (TPSA) is 38.8 Å². The first kappa shape index (κ1) is 14.9. The smallest absolute Gasteiger partial charge is 0.226 e. The van der Waals surface area contributed by atoms with Crippen molar-refractivity contribution in [2.24, 2.45) is 17.8 Å². The molecular weight excluding hydrogens is 278 g/mol. The first-order chi connectivity index (χ1) is 10.7. The van der Waals surface area contributed by atoms with Crippen molar-refractivity contribution in [1.29, 1.82) is 0 Å². The second-order valence-corrected chi connectivity index (χ2v) is 8.14. The highest BCUT2D eigenvalue weighted by atomic mass is 16.5. The SMILES string of the molecule is CC1CC1C(=O)N1CC2(CC(OCC3CCCC3)CCO2)C1. The zero-order valence-corrected chi connectivity index (χ0v) is 13.8. The lowest BCUT2D eigenvalue weighted by molar-refractivity contribution is -0.203. The van der Waals surface area contributed by atoms with Crippen LogP contribution in [0, 0.1) is 17.8 Å². The maximum Gasteiger partial charge on any atom is 0.226 e. The predicted molar refractivity (Wildman–Crippen MR) is 83.5 cm³/mol. The van der Waals surface area contributed by atoms with Crippen LogP contribution in [0.1, 0.15) is 51.9 Å². The Hall–Kier alpha value is -0.610. The molecule has 2 heterocycles. The van der Waals surface area contributed by atoms with E-state index in [2.05, 4.69) is 6.92 Å². The number of likely N-dealkylation sites (tertiary alicyclic amines) is 1. The zero-order valence-electron chi connectivity index (χ0n) is 13.8. The molecule has 4 rings (SSSR count). The van der Waals surface area contributed by atoms with Crippen molar-refractivity contribution in [3.05, 3.63) is 0 Å². The maximum absolute atomic E-state index is 12.2. The van der Waals surface area contributed by atoms with Crippen LogP contribution in [0.3, 0.4) is 0 Å². The van der Waals surface area contributed by atoms with Gasteiger partial charge < -0.3 is 14.4 Å². The van der Waals surface area contributed by atoms with E-state index in [9.17, 15) is 4.79 Å². The normalized spacial score (nSPS) is 37.3. The fraction of sp³-hybridized carbons (Fsp3) is 0.944. The molecule has 0 N–H and O–H groups in total. The first-order valence-corrected chi connectivity index (χ1v) is 9.20. The second-order valence-electron chi connectivity index (χ2n) is 8.14. The monoisotopic (exact) mass is 307 g/mol. The van der Waals surface area contributed by atoms with E-state index in [4.69, 9.17) is 9.47 Å². The number of hydrogen-bond acceptors (Lipinski definition) is 3. The Morgan fingerprint density at radius 1 is 1.27 bits per heavy atom. The number of rotatable bonds is 4. The Labute approximate surface area is 133 Å². The lowest BCUT2D eigenvalue weighted by atomic mass is 9.84. The van der Waals surface area contributed by atoms with Crippen LogP contribution in [0.5, 0.6) is 0 Å². The van der Waals surface area contributed by atoms with Gasteiger partial charge >= 0.3 is 0 Å². The zero-order chi connectivity index (χ0) is 15.2. The molecule has 3 atom stereocenters. The van der Waals surface area contributed by atoms with E-state index in [-0.39, 0.29) is 5.60 Å². The molecule has 1 amide bonds. The molecule has 0 aromatic heterocycles. The standard InChI is InChI=1S/C18H29NO3/c1-13-8-16(13)17(20)19-11-18(12-19)9-15(6-7-22-18)21-10-14-4-2-3-5-14/h13-16H,2-12H2,1H3. The summed E-state index contributed by atoms with van der Waals surface area (Å²) < 4.78 is 12.2. The first-order valence-electron chi connectivity index (χ1n) is 9.20. The highest BCUT2D eigenvalue weighted by Crippen LogP contribution is 2.43. The van der Waals surface area contributed by atoms with Gasteiger partial charge in [-0.3, -0.25) is 4.79 Å². The Morgan fingerprint density at radius 2 is 2.00 bits per heavy atom. The predicted octanol–water partition coefficient (Wildman–Crippen LogP) is 2.61. The van der Waals surface area contributed by atoms with Gasteiger partial charge in [0.15, 0.2) is 0 Å². The van der Waals surface area contributed by atoms with E-state index < -0.39 is 0 Å². The average molecular weight is 307 g/mol. The summed E-state index contributed by atoms with van der Waals surface area (Å²) in [7, 11) is 0. The molecule has 4 fully saturated rings. The lowest BCUT2D eigenvalue weighted by Gasteiger charge is -2.53. The fourth-order valence-electron chi connectivity index (χ4n) is 4.50. The van der Waals surface area contributed by atoms with Crippen LogP contribution in [0.25, 0.3) is 0 Å². The van der Waals surface area contributed by atoms with Crippen LogP contribution in [0.4, 0.5) is 0 Å². The molecule has 4 heteroatoms. The van der Waals surface area contributed by atoms with Crippen LogP contribution < -0.4 is 0 Å². The van der Waals surface area contributed by atoms with Gasteiger partial charge in [-0.15, -0.1) is 0 Å². The van der Waals surface area contributed by atoms with Crippen molar-refractivity contribution < 1.29 is 14.3 Å². The summed E-state index contributed by atoms with van der Waals surface area (Å²) in [6, 6.07) is 0. The fourth-order valence-corrected chi connectivity index (χ4v) is 4.50. The molecule has 0 aromatic rings. The number of carbonyl (C=O) groups is 1. The van der Waals surface area contributed by atoms with Crippen molar-refractivity contribution in [1.82, 2.24) is 4.90 Å². The van der Waals surface area contributed by atoms with Gasteiger partial charge in [0.25, 0.3) is 0 Å². The van der Waals surface area contributed by atoms with E-state index >= 15 is 0 Å². The number of ether oxygens (including phenoxy) is 2. The van der Waals surface area contributed by atoms with Crippen molar-refractivity contribution in [2.75, 3.05) is 26.3 Å². The summed E-state index contributed by atoms with van der Waals surface area (Å²) in [5, 5.41) is 0. The summed E-state index contributed by atoms with van der Waals surface area (Å²) in [5.74, 6) is 2.04. The Morgan fingerprint density at radius 3 is 2.68 bits per heavy atom. The van der Waals surface area contributed by atoms with E-state index in [1.54, 1.807) is 0 Å².